The van der Waals surface area contributed by atoms with E-state index in [1.807, 2.05) is 87.3 Å². The van der Waals surface area contributed by atoms with Gasteiger partial charge in [0.25, 0.3) is 5.88 Å². The number of aromatic nitrogens is 5. The van der Waals surface area contributed by atoms with Crippen LogP contribution in [0.1, 0.15) is 74.7 Å². The summed E-state index contributed by atoms with van der Waals surface area (Å²) in [5, 5.41) is 47.9. The summed E-state index contributed by atoms with van der Waals surface area (Å²) < 4.78 is 13.7. The normalized spacial score (nSPS) is 20.2. The van der Waals surface area contributed by atoms with Gasteiger partial charge >= 0.3 is 0 Å². The molecule has 4 aromatic heterocycles. The van der Waals surface area contributed by atoms with Gasteiger partial charge in [-0.25, -0.2) is 4.98 Å². The van der Waals surface area contributed by atoms with Crippen molar-refractivity contribution in [2.45, 2.75) is 75.8 Å². The number of aliphatic hydroxyl groups excluding tert-OH is 1. The van der Waals surface area contributed by atoms with Gasteiger partial charge in [-0.1, -0.05) is 50.2 Å². The van der Waals surface area contributed by atoms with E-state index < -0.39 is 22.8 Å². The van der Waals surface area contributed by atoms with Gasteiger partial charge in [-0.2, -0.15) is 0 Å². The molecule has 2 aliphatic heterocycles. The number of thiazole rings is 1. The quantitative estimate of drug-likeness (QED) is 0.120. The lowest BCUT2D eigenvalue weighted by Gasteiger charge is -2.38. The van der Waals surface area contributed by atoms with Crippen LogP contribution in [0.5, 0.6) is 11.6 Å². The Hall–Kier alpha value is -5.46. The van der Waals surface area contributed by atoms with Gasteiger partial charge in [-0.15, -0.1) is 21.5 Å². The number of ether oxygens (including phenoxy) is 1. The molecule has 0 bridgehead atoms. The van der Waals surface area contributed by atoms with Crippen molar-refractivity contribution < 1.29 is 34.2 Å². The number of β-amino-alcohol motifs (C(OH)–C–C–N with tert-alkyl or cyclic N) is 1. The number of amides is 2. The number of hydrogen-bond acceptors (Lipinski definition) is 13. The van der Waals surface area contributed by atoms with Gasteiger partial charge in [0.05, 0.1) is 45.1 Å². The summed E-state index contributed by atoms with van der Waals surface area (Å²) in [4.78, 5) is 37.7. The Bertz CT molecular complexity index is 2570. The van der Waals surface area contributed by atoms with Gasteiger partial charge in [-0.05, 0) is 73.2 Å². The van der Waals surface area contributed by atoms with Gasteiger partial charge in [-0.3, -0.25) is 14.5 Å². The molecule has 4 atom stereocenters. The first-order chi connectivity index (χ1) is 29.6. The fraction of sp³-hybridized carbons (Fsp3) is 0.422. The lowest BCUT2D eigenvalue weighted by molar-refractivity contribution is -0.143. The number of rotatable bonds is 13. The van der Waals surface area contributed by atoms with Crippen molar-refractivity contribution in [1.29, 1.82) is 0 Å². The minimum Gasteiger partial charge on any atom is -0.507 e. The SMILES string of the molecule is Cc1ncsc1-c1ccc([C@H](C)NC(=O)[C@@]2([SiH3])C[C@@H](O)CN2C(=O)C(c2cc(OCCN3CCC(O)(c4cc5nnc(-c6ccccc6O)cc5n4C)CC3)no2)C(C)C)cc1. The van der Waals surface area contributed by atoms with Gasteiger partial charge < -0.3 is 39.4 Å². The predicted octanol–water partition coefficient (Wildman–Crippen LogP) is 4.40. The number of likely N-dealkylation sites (tertiary alicyclic amines) is 2. The Balaban J connectivity index is 0.864. The smallest absolute Gasteiger partial charge is 0.254 e. The number of nitrogens with one attached hydrogen (secondary N) is 1. The van der Waals surface area contributed by atoms with Crippen LogP contribution >= 0.6 is 11.3 Å². The molecule has 4 N–H and O–H groups in total. The van der Waals surface area contributed by atoms with Crippen LogP contribution in [0.3, 0.4) is 0 Å². The van der Waals surface area contributed by atoms with Gasteiger partial charge in [0.2, 0.25) is 11.8 Å². The Labute approximate surface area is 367 Å². The van der Waals surface area contributed by atoms with E-state index in [9.17, 15) is 24.9 Å². The van der Waals surface area contributed by atoms with Crippen molar-refractivity contribution in [3.8, 4) is 33.3 Å². The van der Waals surface area contributed by atoms with E-state index in [0.717, 1.165) is 32.9 Å². The third-order valence-corrected chi connectivity index (χ3v) is 15.1. The lowest BCUT2D eigenvalue weighted by Crippen LogP contribution is -2.59. The van der Waals surface area contributed by atoms with Crippen LogP contribution in [0, 0.1) is 12.8 Å². The molecule has 0 saturated carbocycles. The zero-order valence-corrected chi connectivity index (χ0v) is 38.7. The number of aromatic hydroxyl groups is 1. The number of carbonyl (C=O) groups is 2. The number of hydrogen-bond donors (Lipinski definition) is 4. The second-order valence-electron chi connectivity index (χ2n) is 17.3. The maximum Gasteiger partial charge on any atom is 0.254 e. The number of piperidine rings is 1. The third kappa shape index (κ3) is 8.38. The average Bonchev–Trinajstić information content (AvgIpc) is 4.05. The molecule has 326 valence electrons. The average molecular weight is 879 g/mol. The molecule has 6 aromatic rings. The van der Waals surface area contributed by atoms with E-state index in [2.05, 4.69) is 30.6 Å². The van der Waals surface area contributed by atoms with Crippen LogP contribution in [0.25, 0.3) is 32.7 Å². The van der Waals surface area contributed by atoms with Crippen molar-refractivity contribution in [1.82, 2.24) is 40.0 Å². The summed E-state index contributed by atoms with van der Waals surface area (Å²) in [7, 11) is 2.22. The largest absolute Gasteiger partial charge is 0.507 e. The van der Waals surface area contributed by atoms with Crippen LogP contribution in [0.2, 0.25) is 0 Å². The molecule has 0 spiro atoms. The summed E-state index contributed by atoms with van der Waals surface area (Å²) in [6.07, 6.45) is 0.342. The van der Waals surface area contributed by atoms with Gasteiger partial charge in [0.1, 0.15) is 34.6 Å². The first kappa shape index (κ1) is 43.2. The maximum absolute atomic E-state index is 14.4. The molecule has 2 fully saturated rings. The van der Waals surface area contributed by atoms with Crippen molar-refractivity contribution in [3.63, 3.8) is 0 Å². The van der Waals surface area contributed by atoms with Crippen molar-refractivity contribution in [2.75, 3.05) is 32.8 Å². The van der Waals surface area contributed by atoms with E-state index in [1.54, 1.807) is 40.5 Å². The van der Waals surface area contributed by atoms with Crippen molar-refractivity contribution in [2.24, 2.45) is 13.0 Å². The van der Waals surface area contributed by atoms with Crippen LogP contribution in [0.4, 0.5) is 0 Å². The first-order valence-electron chi connectivity index (χ1n) is 21.1. The number of phenols is 1. The fourth-order valence-electron chi connectivity index (χ4n) is 8.99. The summed E-state index contributed by atoms with van der Waals surface area (Å²) in [6, 6.07) is 20.2. The van der Waals surface area contributed by atoms with Crippen LogP contribution < -0.4 is 10.1 Å². The highest BCUT2D eigenvalue weighted by molar-refractivity contribution is 7.13. The summed E-state index contributed by atoms with van der Waals surface area (Å²) in [6.45, 7) is 9.98. The van der Waals surface area contributed by atoms with E-state index in [-0.39, 0.29) is 48.4 Å². The highest BCUT2D eigenvalue weighted by Crippen LogP contribution is 2.38. The van der Waals surface area contributed by atoms with E-state index in [1.165, 1.54) is 0 Å². The zero-order valence-electron chi connectivity index (χ0n) is 35.9. The second kappa shape index (κ2) is 17.4. The molecule has 0 aliphatic carbocycles. The van der Waals surface area contributed by atoms with E-state index >= 15 is 0 Å². The van der Waals surface area contributed by atoms with Crippen LogP contribution in [0.15, 0.2) is 76.8 Å². The molecular weight excluding hydrogens is 825 g/mol. The molecule has 1 unspecified atom stereocenters. The fourth-order valence-corrected chi connectivity index (χ4v) is 10.8. The summed E-state index contributed by atoms with van der Waals surface area (Å²) in [5.74, 6) is -0.800. The molecule has 6 heterocycles. The van der Waals surface area contributed by atoms with Gasteiger partial charge in [0, 0.05) is 61.5 Å². The van der Waals surface area contributed by atoms with E-state index in [0.29, 0.717) is 71.9 Å². The molecular formula is C45H54N8O7SSi. The molecule has 2 aliphatic rings. The van der Waals surface area contributed by atoms with Crippen LogP contribution in [-0.2, 0) is 22.2 Å². The molecule has 2 amide bonds. The Morgan fingerprint density at radius 2 is 1.81 bits per heavy atom. The highest BCUT2D eigenvalue weighted by atomic mass is 32.1. The molecule has 0 radical (unpaired) electrons. The molecule has 2 aromatic carbocycles. The monoisotopic (exact) mass is 878 g/mol. The molecule has 17 heteroatoms. The Morgan fingerprint density at radius 1 is 1.06 bits per heavy atom. The first-order valence-corrected chi connectivity index (χ1v) is 23.0. The van der Waals surface area contributed by atoms with E-state index in [4.69, 9.17) is 9.26 Å². The van der Waals surface area contributed by atoms with Crippen LogP contribution in [-0.4, -0.2) is 116 Å². The molecule has 2 saturated heterocycles. The number of carbonyl (C=O) groups excluding carboxylic acids is 2. The van der Waals surface area contributed by atoms with Crippen molar-refractivity contribution in [3.05, 3.63) is 95.0 Å². The number of benzene rings is 2. The number of phenolic OH excluding ortho intramolecular Hbond substituents is 1. The van der Waals surface area contributed by atoms with Crippen molar-refractivity contribution >= 4 is 44.4 Å². The van der Waals surface area contributed by atoms with Gasteiger partial charge in [0.15, 0.2) is 5.76 Å². The maximum atomic E-state index is 14.4. The molecule has 8 rings (SSSR count). The minimum absolute atomic E-state index is 0.0495. The Kier molecular flexibility index (Phi) is 12.1. The number of para-hydroxylation sites is 1. The third-order valence-electron chi connectivity index (χ3n) is 12.7. The zero-order chi connectivity index (χ0) is 43.9. The standard InChI is InChI=1S/C45H54N8O7SSi/c1-26(2)40(42(56)53-24-31(54)23-45(53,62)43(57)47-27(3)29-10-12-30(13-11-29)41-28(4)46-25-61-41)37-22-39(50-60-37)59-19-18-52-16-14-44(58,15-17-52)38-21-34-35(51(38)5)20-33(48-49-34)32-8-6-7-9-36(32)55/h6-13,20-22,25-27,31,40,54-55,58H,14-19,23-24H2,1-5,62H3,(H,47,57)/t27-,31+,40?,45-/m0/s1. The minimum atomic E-state index is -1.16. The number of nitrogens with zero attached hydrogens (tertiary/aromatic N) is 7. The topological polar surface area (TPSA) is 192 Å². The second-order valence-corrected chi connectivity index (χ2v) is 19.8. The number of aryl methyl sites for hydroxylation is 2. The number of aliphatic hydroxyl groups is 2. The molecule has 15 nitrogen and oxygen atoms in total. The summed E-state index contributed by atoms with van der Waals surface area (Å²) in [5.41, 5.74) is 7.14. The summed E-state index contributed by atoms with van der Waals surface area (Å²) >= 11 is 1.59. The molecule has 62 heavy (non-hydrogen) atoms. The lowest BCUT2D eigenvalue weighted by atomic mass is 9.88. The number of fused-ring (bicyclic) bond motifs is 1. The predicted molar refractivity (Wildman–Crippen MR) is 239 cm³/mol. The Morgan fingerprint density at radius 3 is 2.50 bits per heavy atom. The highest BCUT2D eigenvalue weighted by Gasteiger charge is 2.51.